The van der Waals surface area contributed by atoms with Crippen LogP contribution in [0.1, 0.15) is 95.5 Å². The fraction of sp³-hybridized carbons (Fsp3) is 0.548. The van der Waals surface area contributed by atoms with Crippen molar-refractivity contribution in [3.63, 3.8) is 0 Å². The molecule has 2 aliphatic carbocycles. The van der Waals surface area contributed by atoms with Crippen LogP contribution < -0.4 is 10.6 Å². The molecule has 3 aliphatic rings. The SMILES string of the molecule is CC.CC.CC(C)(NC1(C(=O)O)CC1)OC(=O)c1ccc(-c2ccc(C3CC34CCNCC4)cc2)cc1. The van der Waals surface area contributed by atoms with E-state index in [4.69, 9.17) is 4.74 Å². The number of aliphatic carboxylic acids is 1. The zero-order valence-corrected chi connectivity index (χ0v) is 23.3. The van der Waals surface area contributed by atoms with Crippen LogP contribution in [0.3, 0.4) is 0 Å². The molecule has 1 heterocycles. The fourth-order valence-corrected chi connectivity index (χ4v) is 5.41. The minimum absolute atomic E-state index is 0.441. The lowest BCUT2D eigenvalue weighted by molar-refractivity contribution is -0.143. The second kappa shape index (κ2) is 11.8. The Kier molecular flexibility index (Phi) is 9.19. The van der Waals surface area contributed by atoms with Crippen LogP contribution >= 0.6 is 0 Å². The van der Waals surface area contributed by atoms with Gasteiger partial charge in [0.1, 0.15) is 5.54 Å². The van der Waals surface area contributed by atoms with Gasteiger partial charge in [-0.25, -0.2) is 4.79 Å². The molecule has 0 bridgehead atoms. The summed E-state index contributed by atoms with van der Waals surface area (Å²) >= 11 is 0. The molecule has 1 atom stereocenters. The number of carbonyl (C=O) groups is 2. The van der Waals surface area contributed by atoms with Gasteiger partial charge in [0.2, 0.25) is 0 Å². The predicted molar refractivity (Wildman–Crippen MR) is 149 cm³/mol. The summed E-state index contributed by atoms with van der Waals surface area (Å²) in [6.45, 7) is 13.6. The molecule has 1 spiro atoms. The molecular formula is C31H44N2O4. The number of carboxylic acid groups (broad SMARTS) is 1. The summed E-state index contributed by atoms with van der Waals surface area (Å²) in [6, 6.07) is 16.2. The van der Waals surface area contributed by atoms with Gasteiger partial charge in [0, 0.05) is 0 Å². The van der Waals surface area contributed by atoms with Gasteiger partial charge in [-0.15, -0.1) is 0 Å². The van der Waals surface area contributed by atoms with E-state index in [9.17, 15) is 14.7 Å². The minimum atomic E-state index is -1.07. The zero-order chi connectivity index (χ0) is 27.3. The van der Waals surface area contributed by atoms with Crippen LogP contribution in [-0.4, -0.2) is 41.4 Å². The van der Waals surface area contributed by atoms with Crippen molar-refractivity contribution in [2.75, 3.05) is 13.1 Å². The third-order valence-corrected chi connectivity index (χ3v) is 7.60. The maximum Gasteiger partial charge on any atom is 0.339 e. The molecule has 37 heavy (non-hydrogen) atoms. The molecule has 2 saturated carbocycles. The molecular weight excluding hydrogens is 464 g/mol. The molecule has 2 aromatic rings. The highest BCUT2D eigenvalue weighted by Crippen LogP contribution is 2.64. The average Bonchev–Trinajstić information content (AvgIpc) is 3.84. The Hall–Kier alpha value is -2.70. The number of nitrogens with one attached hydrogen (secondary N) is 2. The van der Waals surface area contributed by atoms with Crippen molar-refractivity contribution >= 4 is 11.9 Å². The fourth-order valence-electron chi connectivity index (χ4n) is 5.41. The number of carbonyl (C=O) groups excluding carboxylic acids is 1. The molecule has 0 radical (unpaired) electrons. The topological polar surface area (TPSA) is 87.7 Å². The van der Waals surface area contributed by atoms with Gasteiger partial charge < -0.3 is 15.2 Å². The highest BCUT2D eigenvalue weighted by Gasteiger charge is 2.54. The minimum Gasteiger partial charge on any atom is -0.480 e. The standard InChI is InChI=1S/C27H32N2O4.2C2H6/c1-25(2,29-27(11-12-27)24(31)32)33-23(30)21-9-5-19(6-10-21)18-3-7-20(8-4-18)22-17-26(22)13-15-28-16-14-26;2*1-2/h3-10,22,28-29H,11-17H2,1-2H3,(H,31,32);2*1-2H3. The summed E-state index contributed by atoms with van der Waals surface area (Å²) in [7, 11) is 0. The Morgan fingerprint density at radius 3 is 1.89 bits per heavy atom. The van der Waals surface area contributed by atoms with Crippen molar-refractivity contribution in [1.82, 2.24) is 10.6 Å². The number of hydrogen-bond donors (Lipinski definition) is 3. The van der Waals surface area contributed by atoms with E-state index in [1.165, 1.54) is 24.8 Å². The Labute approximate surface area is 222 Å². The van der Waals surface area contributed by atoms with Crippen molar-refractivity contribution in [3.8, 4) is 11.1 Å². The first-order valence-electron chi connectivity index (χ1n) is 13.9. The molecule has 202 valence electrons. The predicted octanol–water partition coefficient (Wildman–Crippen LogP) is 6.36. The Bertz CT molecular complexity index is 1050. The number of hydrogen-bond acceptors (Lipinski definition) is 5. The normalized spacial score (nSPS) is 20.4. The van der Waals surface area contributed by atoms with Gasteiger partial charge in [0.15, 0.2) is 5.72 Å². The molecule has 5 rings (SSSR count). The van der Waals surface area contributed by atoms with Crippen LogP contribution in [0.4, 0.5) is 0 Å². The van der Waals surface area contributed by atoms with Gasteiger partial charge >= 0.3 is 11.9 Å². The van der Waals surface area contributed by atoms with Gasteiger partial charge in [-0.05, 0) is 99.2 Å². The summed E-state index contributed by atoms with van der Waals surface area (Å²) in [4.78, 5) is 24.1. The van der Waals surface area contributed by atoms with E-state index in [0.717, 1.165) is 24.2 Å². The average molecular weight is 509 g/mol. The first-order chi connectivity index (χ1) is 17.7. The third-order valence-electron chi connectivity index (χ3n) is 7.60. The number of ether oxygens (including phenoxy) is 1. The van der Waals surface area contributed by atoms with Crippen LogP contribution in [-0.2, 0) is 9.53 Å². The molecule has 0 amide bonds. The Balaban J connectivity index is 0.000000907. The summed E-state index contributed by atoms with van der Waals surface area (Å²) < 4.78 is 5.58. The third kappa shape index (κ3) is 6.60. The smallest absolute Gasteiger partial charge is 0.339 e. The van der Waals surface area contributed by atoms with Crippen molar-refractivity contribution in [1.29, 1.82) is 0 Å². The van der Waals surface area contributed by atoms with E-state index in [0.29, 0.717) is 29.7 Å². The van der Waals surface area contributed by atoms with Crippen LogP contribution in [0.2, 0.25) is 0 Å². The van der Waals surface area contributed by atoms with E-state index in [2.05, 4.69) is 34.9 Å². The lowest BCUT2D eigenvalue weighted by Crippen LogP contribution is -2.53. The number of piperidine rings is 1. The summed E-state index contributed by atoms with van der Waals surface area (Å²) in [5, 5.41) is 15.8. The summed E-state index contributed by atoms with van der Waals surface area (Å²) in [5.41, 5.74) is 2.52. The number of carboxylic acids is 1. The lowest BCUT2D eigenvalue weighted by atomic mass is 9.89. The van der Waals surface area contributed by atoms with Crippen LogP contribution in [0.5, 0.6) is 0 Å². The highest BCUT2D eigenvalue weighted by molar-refractivity contribution is 5.90. The zero-order valence-electron chi connectivity index (χ0n) is 23.3. The van der Waals surface area contributed by atoms with E-state index in [1.807, 2.05) is 39.8 Å². The number of esters is 1. The molecule has 1 saturated heterocycles. The Morgan fingerprint density at radius 1 is 0.892 bits per heavy atom. The molecule has 3 N–H and O–H groups in total. The monoisotopic (exact) mass is 508 g/mol. The molecule has 0 aromatic heterocycles. The Morgan fingerprint density at radius 2 is 1.41 bits per heavy atom. The van der Waals surface area contributed by atoms with Crippen LogP contribution in [0.15, 0.2) is 48.5 Å². The van der Waals surface area contributed by atoms with E-state index in [-0.39, 0.29) is 0 Å². The van der Waals surface area contributed by atoms with Gasteiger partial charge in [-0.1, -0.05) is 64.1 Å². The molecule has 1 aliphatic heterocycles. The molecule has 2 aromatic carbocycles. The summed E-state index contributed by atoms with van der Waals surface area (Å²) in [6.07, 6.45) is 4.94. The van der Waals surface area contributed by atoms with Crippen LogP contribution in [0, 0.1) is 5.41 Å². The van der Waals surface area contributed by atoms with Gasteiger partial charge in [-0.2, -0.15) is 0 Å². The number of rotatable bonds is 7. The highest BCUT2D eigenvalue weighted by atomic mass is 16.6. The largest absolute Gasteiger partial charge is 0.480 e. The van der Waals surface area contributed by atoms with Crippen molar-refractivity contribution < 1.29 is 19.4 Å². The van der Waals surface area contributed by atoms with Crippen molar-refractivity contribution in [2.24, 2.45) is 5.41 Å². The first kappa shape index (κ1) is 28.9. The molecule has 1 unspecified atom stereocenters. The van der Waals surface area contributed by atoms with Crippen LogP contribution in [0.25, 0.3) is 11.1 Å². The van der Waals surface area contributed by atoms with Gasteiger partial charge in [0.05, 0.1) is 5.56 Å². The van der Waals surface area contributed by atoms with E-state index < -0.39 is 23.2 Å². The second-order valence-corrected chi connectivity index (χ2v) is 10.5. The van der Waals surface area contributed by atoms with Gasteiger partial charge in [-0.3, -0.25) is 10.1 Å². The molecule has 3 fully saturated rings. The van der Waals surface area contributed by atoms with Crippen molar-refractivity contribution in [2.45, 2.75) is 90.8 Å². The quantitative estimate of drug-likeness (QED) is 0.298. The lowest BCUT2D eigenvalue weighted by Gasteiger charge is -2.30. The van der Waals surface area contributed by atoms with E-state index >= 15 is 0 Å². The first-order valence-corrected chi connectivity index (χ1v) is 13.9. The second-order valence-electron chi connectivity index (χ2n) is 10.5. The molecule has 6 heteroatoms. The maximum atomic E-state index is 12.6. The van der Waals surface area contributed by atoms with E-state index in [1.54, 1.807) is 26.0 Å². The summed E-state index contributed by atoms with van der Waals surface area (Å²) in [5.74, 6) is -0.690. The maximum absolute atomic E-state index is 12.6. The van der Waals surface area contributed by atoms with Crippen molar-refractivity contribution in [3.05, 3.63) is 59.7 Å². The molecule has 6 nitrogen and oxygen atoms in total. The van der Waals surface area contributed by atoms with Gasteiger partial charge in [0.25, 0.3) is 0 Å². The number of benzene rings is 2.